The molecule has 33 heavy (non-hydrogen) atoms. The molecule has 2 fully saturated rings. The first kappa shape index (κ1) is 18.9. The van der Waals surface area contributed by atoms with Gasteiger partial charge >= 0.3 is 5.97 Å². The number of carboxylic acid groups (broad SMARTS) is 1. The average Bonchev–Trinajstić information content (AvgIpc) is 3.74. The number of hydrogen-bond acceptors (Lipinski definition) is 2. The molecule has 0 bridgehead atoms. The summed E-state index contributed by atoms with van der Waals surface area (Å²) in [6.45, 7) is 1.09. The van der Waals surface area contributed by atoms with Crippen LogP contribution in [0.1, 0.15) is 41.6 Å². The third-order valence-electron chi connectivity index (χ3n) is 7.29. The Kier molecular flexibility index (Phi) is 3.98. The summed E-state index contributed by atoms with van der Waals surface area (Å²) in [5.41, 5.74) is 6.85. The molecule has 5 heteroatoms. The van der Waals surface area contributed by atoms with Crippen molar-refractivity contribution in [1.29, 1.82) is 0 Å². The van der Waals surface area contributed by atoms with Gasteiger partial charge in [-0.2, -0.15) is 0 Å². The van der Waals surface area contributed by atoms with Crippen LogP contribution in [0.15, 0.2) is 54.6 Å². The lowest BCUT2D eigenvalue weighted by Crippen LogP contribution is -1.99. The molecule has 2 aliphatic rings. The minimum absolute atomic E-state index is 0.263. The molecular formula is C28H25N3O2. The molecule has 0 aliphatic heterocycles. The van der Waals surface area contributed by atoms with Crippen molar-refractivity contribution in [2.45, 2.75) is 38.6 Å². The fraction of sp³-hybridized carbons (Fsp3) is 0.286. The predicted molar refractivity (Wildman–Crippen MR) is 131 cm³/mol. The smallest absolute Gasteiger partial charge is 0.335 e. The summed E-state index contributed by atoms with van der Waals surface area (Å²) in [6, 6.07) is 18.7. The molecule has 0 spiro atoms. The van der Waals surface area contributed by atoms with Crippen LogP contribution in [0, 0.1) is 11.8 Å². The number of hydrogen-bond donors (Lipinski definition) is 2. The van der Waals surface area contributed by atoms with Gasteiger partial charge in [0.05, 0.1) is 16.6 Å². The Hall–Kier alpha value is -3.60. The highest BCUT2D eigenvalue weighted by Gasteiger charge is 2.25. The highest BCUT2D eigenvalue weighted by molar-refractivity contribution is 6.09. The van der Waals surface area contributed by atoms with E-state index in [1.54, 1.807) is 18.2 Å². The number of carboxylic acids is 1. The number of carbonyl (C=O) groups is 1. The van der Waals surface area contributed by atoms with E-state index < -0.39 is 5.97 Å². The Labute approximate surface area is 191 Å². The van der Waals surface area contributed by atoms with E-state index in [1.807, 2.05) is 0 Å². The number of aromatic amines is 1. The Morgan fingerprint density at radius 2 is 1.70 bits per heavy atom. The van der Waals surface area contributed by atoms with Gasteiger partial charge < -0.3 is 14.7 Å². The van der Waals surface area contributed by atoms with Crippen LogP contribution >= 0.6 is 0 Å². The predicted octanol–water partition coefficient (Wildman–Crippen LogP) is 6.40. The normalized spacial score (nSPS) is 16.2. The summed E-state index contributed by atoms with van der Waals surface area (Å²) < 4.78 is 2.50. The number of aromatic carboxylic acids is 1. The Bertz CT molecular complexity index is 1570. The second-order valence-electron chi connectivity index (χ2n) is 9.91. The molecule has 2 aliphatic carbocycles. The molecule has 2 N–H and O–H groups in total. The third kappa shape index (κ3) is 3.30. The van der Waals surface area contributed by atoms with Gasteiger partial charge in [0.25, 0.3) is 0 Å². The zero-order valence-electron chi connectivity index (χ0n) is 18.3. The van der Waals surface area contributed by atoms with Crippen molar-refractivity contribution < 1.29 is 9.90 Å². The summed E-state index contributed by atoms with van der Waals surface area (Å²) in [4.78, 5) is 19.4. The van der Waals surface area contributed by atoms with Crippen LogP contribution in [0.3, 0.4) is 0 Å². The van der Waals surface area contributed by atoms with E-state index in [9.17, 15) is 9.90 Å². The molecule has 0 atom stereocenters. The summed E-state index contributed by atoms with van der Waals surface area (Å²) in [6.07, 6.45) is 6.57. The summed E-state index contributed by atoms with van der Waals surface area (Å²) in [5.74, 6) is 1.50. The van der Waals surface area contributed by atoms with Crippen LogP contribution in [-0.2, 0) is 13.0 Å². The van der Waals surface area contributed by atoms with Crippen LogP contribution in [0.25, 0.3) is 44.2 Å². The van der Waals surface area contributed by atoms with Crippen LogP contribution < -0.4 is 0 Å². The van der Waals surface area contributed by atoms with Crippen LogP contribution in [0.5, 0.6) is 0 Å². The number of imidazole rings is 1. The number of H-pyrrole nitrogens is 1. The van der Waals surface area contributed by atoms with Crippen LogP contribution in [-0.4, -0.2) is 25.6 Å². The van der Waals surface area contributed by atoms with Gasteiger partial charge in [-0.05, 0) is 98.0 Å². The minimum Gasteiger partial charge on any atom is -0.478 e. The van der Waals surface area contributed by atoms with Crippen molar-refractivity contribution in [3.8, 4) is 11.4 Å². The number of nitrogens with zero attached hydrogens (tertiary/aromatic N) is 2. The zero-order valence-corrected chi connectivity index (χ0v) is 18.3. The number of rotatable bonds is 6. The Balaban J connectivity index is 1.38. The fourth-order valence-electron chi connectivity index (χ4n) is 5.12. The zero-order chi connectivity index (χ0) is 22.1. The SMILES string of the molecule is O=C(O)c1ccc2nc(-c3ccc4c(c3)c3cc(CC5CC5)ccc3n4CC3CC3)[nH]c2c1. The standard InChI is InChI=1S/C28H25N3O2/c32-28(33)20-6-8-23-24(14-20)30-27(29-23)19-7-10-26-22(13-19)21-12-18(11-16-1-2-16)5-9-25(21)31(26)15-17-3-4-17/h5-10,12-14,16-17H,1-4,11,15H2,(H,29,30)(H,32,33). The molecule has 2 heterocycles. The third-order valence-corrected chi connectivity index (χ3v) is 7.29. The van der Waals surface area contributed by atoms with E-state index >= 15 is 0 Å². The minimum atomic E-state index is -0.931. The molecule has 7 rings (SSSR count). The largest absolute Gasteiger partial charge is 0.478 e. The van der Waals surface area contributed by atoms with Gasteiger partial charge in [-0.15, -0.1) is 0 Å². The lowest BCUT2D eigenvalue weighted by Gasteiger charge is -2.07. The van der Waals surface area contributed by atoms with Crippen molar-refractivity contribution in [1.82, 2.24) is 14.5 Å². The van der Waals surface area contributed by atoms with Gasteiger partial charge in [0, 0.05) is 33.9 Å². The molecule has 0 unspecified atom stereocenters. The van der Waals surface area contributed by atoms with Crippen molar-refractivity contribution in [2.24, 2.45) is 11.8 Å². The Morgan fingerprint density at radius 1 is 0.939 bits per heavy atom. The number of aromatic nitrogens is 3. The van der Waals surface area contributed by atoms with E-state index in [0.29, 0.717) is 0 Å². The van der Waals surface area contributed by atoms with Crippen molar-refractivity contribution in [3.63, 3.8) is 0 Å². The molecular weight excluding hydrogens is 410 g/mol. The topological polar surface area (TPSA) is 70.9 Å². The quantitative estimate of drug-likeness (QED) is 0.324. The maximum Gasteiger partial charge on any atom is 0.335 e. The van der Waals surface area contributed by atoms with Gasteiger partial charge in [0.15, 0.2) is 0 Å². The average molecular weight is 436 g/mol. The van der Waals surface area contributed by atoms with Crippen molar-refractivity contribution in [3.05, 3.63) is 65.7 Å². The second-order valence-corrected chi connectivity index (χ2v) is 9.91. The van der Waals surface area contributed by atoms with Crippen LogP contribution in [0.2, 0.25) is 0 Å². The maximum atomic E-state index is 11.3. The first-order chi connectivity index (χ1) is 16.1. The lowest BCUT2D eigenvalue weighted by molar-refractivity contribution is 0.0697. The van der Waals surface area contributed by atoms with Crippen molar-refractivity contribution in [2.75, 3.05) is 0 Å². The summed E-state index contributed by atoms with van der Waals surface area (Å²) in [7, 11) is 0. The van der Waals surface area contributed by atoms with Gasteiger partial charge in [-0.1, -0.05) is 6.07 Å². The molecule has 0 radical (unpaired) electrons. The maximum absolute atomic E-state index is 11.3. The second kappa shape index (κ2) is 6.95. The number of benzene rings is 3. The Morgan fingerprint density at radius 3 is 2.45 bits per heavy atom. The fourth-order valence-corrected chi connectivity index (χ4v) is 5.12. The van der Waals surface area contributed by atoms with Crippen LogP contribution in [0.4, 0.5) is 0 Å². The number of nitrogens with one attached hydrogen (secondary N) is 1. The monoisotopic (exact) mass is 435 g/mol. The van der Waals surface area contributed by atoms with E-state index in [-0.39, 0.29) is 5.56 Å². The van der Waals surface area contributed by atoms with E-state index in [0.717, 1.165) is 40.8 Å². The molecule has 2 saturated carbocycles. The highest BCUT2D eigenvalue weighted by atomic mass is 16.4. The van der Waals surface area contributed by atoms with Gasteiger partial charge in [0.1, 0.15) is 5.82 Å². The summed E-state index contributed by atoms with van der Waals surface area (Å²) in [5, 5.41) is 11.9. The van der Waals surface area contributed by atoms with E-state index in [4.69, 9.17) is 4.98 Å². The lowest BCUT2D eigenvalue weighted by atomic mass is 10.0. The number of fused-ring (bicyclic) bond motifs is 4. The molecule has 5 nitrogen and oxygen atoms in total. The first-order valence-electron chi connectivity index (χ1n) is 11.9. The van der Waals surface area contributed by atoms with Gasteiger partial charge in [-0.3, -0.25) is 0 Å². The highest BCUT2D eigenvalue weighted by Crippen LogP contribution is 2.39. The molecule has 5 aromatic rings. The molecule has 164 valence electrons. The first-order valence-corrected chi connectivity index (χ1v) is 11.9. The van der Waals surface area contributed by atoms with E-state index in [1.165, 1.54) is 59.5 Å². The molecule has 3 aromatic carbocycles. The molecule has 0 amide bonds. The molecule has 0 saturated heterocycles. The van der Waals surface area contributed by atoms with E-state index in [2.05, 4.69) is 45.9 Å². The molecule has 2 aromatic heterocycles. The van der Waals surface area contributed by atoms with Gasteiger partial charge in [0.2, 0.25) is 0 Å². The van der Waals surface area contributed by atoms with Gasteiger partial charge in [-0.25, -0.2) is 9.78 Å². The summed E-state index contributed by atoms with van der Waals surface area (Å²) >= 11 is 0. The van der Waals surface area contributed by atoms with Crippen molar-refractivity contribution >= 4 is 38.8 Å².